The molecule has 0 aromatic carbocycles. The fourth-order valence-corrected chi connectivity index (χ4v) is 5.32. The maximum Gasteiger partial charge on any atom is 0.216 e. The molecule has 0 spiro atoms. The van der Waals surface area contributed by atoms with Gasteiger partial charge in [-0.1, -0.05) is 0 Å². The van der Waals surface area contributed by atoms with Crippen LogP contribution in [0.3, 0.4) is 0 Å². The minimum atomic E-state index is -3.16. The van der Waals surface area contributed by atoms with Crippen LogP contribution >= 0.6 is 0 Å². The molecule has 0 aromatic rings. The highest BCUT2D eigenvalue weighted by molar-refractivity contribution is 7.89. The van der Waals surface area contributed by atoms with Crippen LogP contribution in [-0.4, -0.2) is 56.9 Å². The lowest BCUT2D eigenvalue weighted by Gasteiger charge is -2.30. The maximum atomic E-state index is 12.7. The molecular formula is C14H26N2O3S. The summed E-state index contributed by atoms with van der Waals surface area (Å²) in [4.78, 5) is 0. The van der Waals surface area contributed by atoms with Gasteiger partial charge in [0, 0.05) is 19.2 Å². The van der Waals surface area contributed by atoms with Crippen molar-refractivity contribution < 1.29 is 13.2 Å². The van der Waals surface area contributed by atoms with Gasteiger partial charge in [-0.25, -0.2) is 8.42 Å². The van der Waals surface area contributed by atoms with E-state index in [0.717, 1.165) is 58.2 Å². The monoisotopic (exact) mass is 302 g/mol. The standard InChI is InChI=1S/C14H26N2O3S/c17-20(18,11-14-4-2-8-19-14)16(13-5-6-13)10-12-3-1-7-15-9-12/h12-15H,1-11H2. The van der Waals surface area contributed by atoms with Gasteiger partial charge in [0.1, 0.15) is 0 Å². The van der Waals surface area contributed by atoms with Crippen LogP contribution in [0.4, 0.5) is 0 Å². The molecule has 116 valence electrons. The van der Waals surface area contributed by atoms with Crippen molar-refractivity contribution in [3.05, 3.63) is 0 Å². The zero-order valence-corrected chi connectivity index (χ0v) is 12.9. The van der Waals surface area contributed by atoms with E-state index in [-0.39, 0.29) is 17.9 Å². The highest BCUT2D eigenvalue weighted by Gasteiger charge is 2.39. The molecule has 3 fully saturated rings. The number of piperidine rings is 1. The van der Waals surface area contributed by atoms with Crippen molar-refractivity contribution in [2.75, 3.05) is 32.0 Å². The Labute approximate surface area is 122 Å². The van der Waals surface area contributed by atoms with Crippen molar-refractivity contribution in [1.29, 1.82) is 0 Å². The Kier molecular flexibility index (Phi) is 4.65. The van der Waals surface area contributed by atoms with Crippen molar-refractivity contribution in [2.45, 2.75) is 50.7 Å². The topological polar surface area (TPSA) is 58.6 Å². The van der Waals surface area contributed by atoms with E-state index in [1.165, 1.54) is 0 Å². The molecule has 5 nitrogen and oxygen atoms in total. The number of sulfonamides is 1. The first kappa shape index (κ1) is 14.8. The number of rotatable bonds is 6. The zero-order chi connectivity index (χ0) is 14.0. The fraction of sp³-hybridized carbons (Fsp3) is 1.00. The summed E-state index contributed by atoms with van der Waals surface area (Å²) in [5, 5.41) is 3.38. The Morgan fingerprint density at radius 3 is 2.60 bits per heavy atom. The molecule has 0 radical (unpaired) electrons. The Balaban J connectivity index is 1.62. The van der Waals surface area contributed by atoms with E-state index < -0.39 is 10.0 Å². The van der Waals surface area contributed by atoms with Gasteiger partial charge in [-0.05, 0) is 57.5 Å². The van der Waals surface area contributed by atoms with Gasteiger partial charge in [-0.2, -0.15) is 4.31 Å². The van der Waals surface area contributed by atoms with Gasteiger partial charge in [0.15, 0.2) is 0 Å². The van der Waals surface area contributed by atoms with Crippen molar-refractivity contribution in [1.82, 2.24) is 9.62 Å². The molecule has 2 saturated heterocycles. The normalized spacial score (nSPS) is 31.9. The number of hydrogen-bond donors (Lipinski definition) is 1. The van der Waals surface area contributed by atoms with Crippen LogP contribution in [0.1, 0.15) is 38.5 Å². The van der Waals surface area contributed by atoms with E-state index in [1.54, 1.807) is 4.31 Å². The van der Waals surface area contributed by atoms with E-state index in [4.69, 9.17) is 4.74 Å². The van der Waals surface area contributed by atoms with Gasteiger partial charge in [0.05, 0.1) is 11.9 Å². The lowest BCUT2D eigenvalue weighted by molar-refractivity contribution is 0.126. The molecular weight excluding hydrogens is 276 g/mol. The van der Waals surface area contributed by atoms with Crippen LogP contribution in [0, 0.1) is 5.92 Å². The smallest absolute Gasteiger partial charge is 0.216 e. The summed E-state index contributed by atoms with van der Waals surface area (Å²) in [6.45, 7) is 3.45. The first-order chi connectivity index (χ1) is 9.65. The first-order valence-corrected chi connectivity index (χ1v) is 9.58. The fourth-order valence-electron chi connectivity index (χ4n) is 3.29. The number of nitrogens with zero attached hydrogens (tertiary/aromatic N) is 1. The average Bonchev–Trinajstić information content (AvgIpc) is 3.15. The molecule has 0 bridgehead atoms. The summed E-state index contributed by atoms with van der Waals surface area (Å²) in [6.07, 6.45) is 6.18. The second-order valence-electron chi connectivity index (χ2n) is 6.43. The van der Waals surface area contributed by atoms with E-state index in [0.29, 0.717) is 12.5 Å². The summed E-state index contributed by atoms with van der Waals surface area (Å²) in [5.41, 5.74) is 0. The highest BCUT2D eigenvalue weighted by atomic mass is 32.2. The van der Waals surface area contributed by atoms with Crippen LogP contribution in [0.2, 0.25) is 0 Å². The number of ether oxygens (including phenoxy) is 1. The Bertz CT molecular complexity index is 410. The second-order valence-corrected chi connectivity index (χ2v) is 8.39. The van der Waals surface area contributed by atoms with Crippen molar-refractivity contribution >= 4 is 10.0 Å². The van der Waals surface area contributed by atoms with Crippen molar-refractivity contribution in [2.24, 2.45) is 5.92 Å². The summed E-state index contributed by atoms with van der Waals surface area (Å²) in [6, 6.07) is 0.267. The summed E-state index contributed by atoms with van der Waals surface area (Å²) in [5.74, 6) is 0.660. The molecule has 0 aromatic heterocycles. The SMILES string of the molecule is O=S(=O)(CC1CCCO1)N(CC1CCCNC1)C1CC1. The van der Waals surface area contributed by atoms with E-state index in [9.17, 15) is 8.42 Å². The van der Waals surface area contributed by atoms with E-state index in [2.05, 4.69) is 5.32 Å². The largest absolute Gasteiger partial charge is 0.377 e. The van der Waals surface area contributed by atoms with Gasteiger partial charge < -0.3 is 10.1 Å². The van der Waals surface area contributed by atoms with Gasteiger partial charge in [0.25, 0.3) is 0 Å². The summed E-state index contributed by atoms with van der Waals surface area (Å²) >= 11 is 0. The molecule has 1 saturated carbocycles. The average molecular weight is 302 g/mol. The van der Waals surface area contributed by atoms with Crippen LogP contribution in [0.15, 0.2) is 0 Å². The van der Waals surface area contributed by atoms with Crippen LogP contribution in [0.25, 0.3) is 0 Å². The van der Waals surface area contributed by atoms with Crippen LogP contribution in [-0.2, 0) is 14.8 Å². The molecule has 20 heavy (non-hydrogen) atoms. The molecule has 0 amide bonds. The van der Waals surface area contributed by atoms with Crippen LogP contribution < -0.4 is 5.32 Å². The zero-order valence-electron chi connectivity index (χ0n) is 12.1. The van der Waals surface area contributed by atoms with Gasteiger partial charge in [-0.3, -0.25) is 0 Å². The lowest BCUT2D eigenvalue weighted by Crippen LogP contribution is -2.44. The summed E-state index contributed by atoms with van der Waals surface area (Å²) < 4.78 is 32.6. The molecule has 2 unspecified atom stereocenters. The third-order valence-electron chi connectivity index (χ3n) is 4.57. The molecule has 1 aliphatic carbocycles. The van der Waals surface area contributed by atoms with Crippen molar-refractivity contribution in [3.8, 4) is 0 Å². The third-order valence-corrected chi connectivity index (χ3v) is 6.52. The number of hydrogen-bond acceptors (Lipinski definition) is 4. The Hall–Kier alpha value is -0.170. The Morgan fingerprint density at radius 2 is 2.00 bits per heavy atom. The van der Waals surface area contributed by atoms with Gasteiger partial charge >= 0.3 is 0 Å². The lowest BCUT2D eigenvalue weighted by atomic mass is 10.00. The predicted octanol–water partition coefficient (Wildman–Crippen LogP) is 0.959. The number of nitrogens with one attached hydrogen (secondary N) is 1. The minimum absolute atomic E-state index is 0.0780. The third kappa shape index (κ3) is 3.72. The molecule has 2 heterocycles. The molecule has 3 aliphatic rings. The molecule has 1 N–H and O–H groups in total. The van der Waals surface area contributed by atoms with Crippen LogP contribution in [0.5, 0.6) is 0 Å². The van der Waals surface area contributed by atoms with Crippen molar-refractivity contribution in [3.63, 3.8) is 0 Å². The van der Waals surface area contributed by atoms with E-state index >= 15 is 0 Å². The van der Waals surface area contributed by atoms with Gasteiger partial charge in [0.2, 0.25) is 10.0 Å². The predicted molar refractivity (Wildman–Crippen MR) is 78.1 cm³/mol. The van der Waals surface area contributed by atoms with E-state index in [1.807, 2.05) is 0 Å². The quantitative estimate of drug-likeness (QED) is 0.794. The summed E-state index contributed by atoms with van der Waals surface area (Å²) in [7, 11) is -3.16. The first-order valence-electron chi connectivity index (χ1n) is 7.97. The highest BCUT2D eigenvalue weighted by Crippen LogP contribution is 2.32. The molecule has 3 rings (SSSR count). The molecule has 2 atom stereocenters. The molecule has 2 aliphatic heterocycles. The van der Waals surface area contributed by atoms with Gasteiger partial charge in [-0.15, -0.1) is 0 Å². The second kappa shape index (κ2) is 6.30. The minimum Gasteiger partial charge on any atom is -0.377 e. The molecule has 6 heteroatoms. The Morgan fingerprint density at radius 1 is 1.15 bits per heavy atom. The maximum absolute atomic E-state index is 12.7.